The molecule has 2 aromatic carbocycles. The van der Waals surface area contributed by atoms with Crippen LogP contribution in [0.2, 0.25) is 5.02 Å². The zero-order valence-electron chi connectivity index (χ0n) is 10.6. The van der Waals surface area contributed by atoms with Crippen molar-refractivity contribution < 1.29 is 9.59 Å². The molecule has 0 spiro atoms. The fraction of sp³-hybridized carbons (Fsp3) is 0.0667. The maximum Gasteiger partial charge on any atom is 0.255 e. The lowest BCUT2D eigenvalue weighted by atomic mass is 10.1. The summed E-state index contributed by atoms with van der Waals surface area (Å²) in [7, 11) is 0. The molecule has 0 fully saturated rings. The SMILES string of the molecule is CC(=O)c1ccc(NC(=O)c2ccc(Br)c(Cl)c2)cc1. The lowest BCUT2D eigenvalue weighted by Crippen LogP contribution is -2.11. The number of nitrogens with one attached hydrogen (secondary N) is 1. The van der Waals surface area contributed by atoms with Gasteiger partial charge in [0.15, 0.2) is 5.78 Å². The number of benzene rings is 2. The van der Waals surface area contributed by atoms with Crippen LogP contribution < -0.4 is 5.32 Å². The summed E-state index contributed by atoms with van der Waals surface area (Å²) in [5, 5.41) is 3.22. The average Bonchev–Trinajstić information content (AvgIpc) is 2.42. The molecule has 0 radical (unpaired) electrons. The van der Waals surface area contributed by atoms with Crippen molar-refractivity contribution in [3.8, 4) is 0 Å². The van der Waals surface area contributed by atoms with Gasteiger partial charge in [-0.05, 0) is 65.3 Å². The van der Waals surface area contributed by atoms with Gasteiger partial charge in [0.1, 0.15) is 0 Å². The first-order valence-electron chi connectivity index (χ1n) is 5.85. The highest BCUT2D eigenvalue weighted by Crippen LogP contribution is 2.23. The van der Waals surface area contributed by atoms with E-state index in [4.69, 9.17) is 11.6 Å². The minimum atomic E-state index is -0.255. The summed E-state index contributed by atoms with van der Waals surface area (Å²) in [6.07, 6.45) is 0. The number of Topliss-reactive ketones (excluding diaryl/α,β-unsaturated/α-hetero) is 1. The Morgan fingerprint density at radius 3 is 2.20 bits per heavy atom. The Bertz CT molecular complexity index is 668. The highest BCUT2D eigenvalue weighted by Gasteiger charge is 2.08. The van der Waals surface area contributed by atoms with Gasteiger partial charge in [0, 0.05) is 21.3 Å². The van der Waals surface area contributed by atoms with E-state index in [2.05, 4.69) is 21.2 Å². The van der Waals surface area contributed by atoms with Crippen LogP contribution in [0.25, 0.3) is 0 Å². The summed E-state index contributed by atoms with van der Waals surface area (Å²) in [6, 6.07) is 11.7. The first-order valence-corrected chi connectivity index (χ1v) is 7.02. The maximum absolute atomic E-state index is 12.0. The molecule has 102 valence electrons. The van der Waals surface area contributed by atoms with Crippen LogP contribution in [0.1, 0.15) is 27.6 Å². The number of amides is 1. The maximum atomic E-state index is 12.0. The molecule has 20 heavy (non-hydrogen) atoms. The second-order valence-corrected chi connectivity index (χ2v) is 5.48. The number of hydrogen-bond acceptors (Lipinski definition) is 2. The molecule has 0 saturated carbocycles. The van der Waals surface area contributed by atoms with Crippen molar-refractivity contribution in [1.82, 2.24) is 0 Å². The number of carbonyl (C=O) groups excluding carboxylic acids is 2. The average molecular weight is 353 g/mol. The van der Waals surface area contributed by atoms with Crippen molar-refractivity contribution in [2.75, 3.05) is 5.32 Å². The number of rotatable bonds is 3. The van der Waals surface area contributed by atoms with Crippen LogP contribution in [-0.4, -0.2) is 11.7 Å². The minimum absolute atomic E-state index is 0.0115. The third-order valence-electron chi connectivity index (χ3n) is 2.73. The molecule has 2 aromatic rings. The van der Waals surface area contributed by atoms with Crippen LogP contribution in [0.4, 0.5) is 5.69 Å². The smallest absolute Gasteiger partial charge is 0.255 e. The number of anilines is 1. The fourth-order valence-corrected chi connectivity index (χ4v) is 2.06. The topological polar surface area (TPSA) is 46.2 Å². The van der Waals surface area contributed by atoms with E-state index in [0.717, 1.165) is 4.47 Å². The van der Waals surface area contributed by atoms with E-state index in [1.54, 1.807) is 42.5 Å². The van der Waals surface area contributed by atoms with Gasteiger partial charge in [-0.2, -0.15) is 0 Å². The van der Waals surface area contributed by atoms with Crippen LogP contribution in [0.5, 0.6) is 0 Å². The molecule has 0 unspecified atom stereocenters. The normalized spacial score (nSPS) is 10.2. The van der Waals surface area contributed by atoms with E-state index in [1.165, 1.54) is 6.92 Å². The first-order chi connectivity index (χ1) is 9.47. The molecule has 0 bridgehead atoms. The van der Waals surface area contributed by atoms with Gasteiger partial charge >= 0.3 is 0 Å². The van der Waals surface area contributed by atoms with Crippen molar-refractivity contribution >= 4 is 44.9 Å². The Balaban J connectivity index is 2.14. The van der Waals surface area contributed by atoms with Gasteiger partial charge in [-0.15, -0.1) is 0 Å². The Hall–Kier alpha value is -1.65. The monoisotopic (exact) mass is 351 g/mol. The summed E-state index contributed by atoms with van der Waals surface area (Å²) in [6.45, 7) is 1.50. The fourth-order valence-electron chi connectivity index (χ4n) is 1.63. The van der Waals surface area contributed by atoms with E-state index in [1.807, 2.05) is 0 Å². The molecule has 1 N–H and O–H groups in total. The Kier molecular flexibility index (Phi) is 4.57. The zero-order chi connectivity index (χ0) is 14.7. The van der Waals surface area contributed by atoms with E-state index >= 15 is 0 Å². The molecule has 0 aromatic heterocycles. The van der Waals surface area contributed by atoms with Crippen LogP contribution in [0.3, 0.4) is 0 Å². The summed E-state index contributed by atoms with van der Waals surface area (Å²) in [5.74, 6) is -0.266. The van der Waals surface area contributed by atoms with E-state index in [-0.39, 0.29) is 11.7 Å². The third kappa shape index (κ3) is 3.46. The highest BCUT2D eigenvalue weighted by molar-refractivity contribution is 9.10. The predicted octanol–water partition coefficient (Wildman–Crippen LogP) is 4.56. The molecule has 5 heteroatoms. The molecular weight excluding hydrogens is 342 g/mol. The van der Waals surface area contributed by atoms with Gasteiger partial charge in [-0.3, -0.25) is 9.59 Å². The van der Waals surface area contributed by atoms with Crippen molar-refractivity contribution in [3.63, 3.8) is 0 Å². The highest BCUT2D eigenvalue weighted by atomic mass is 79.9. The Labute approximate surface area is 130 Å². The van der Waals surface area contributed by atoms with Crippen molar-refractivity contribution in [1.29, 1.82) is 0 Å². The molecule has 0 atom stereocenters. The van der Waals surface area contributed by atoms with Gasteiger partial charge in [0.25, 0.3) is 5.91 Å². The van der Waals surface area contributed by atoms with Crippen molar-refractivity contribution in [2.45, 2.75) is 6.92 Å². The third-order valence-corrected chi connectivity index (χ3v) is 3.96. The molecule has 2 rings (SSSR count). The number of ketones is 1. The van der Waals surface area contributed by atoms with E-state index in [9.17, 15) is 9.59 Å². The van der Waals surface area contributed by atoms with Crippen molar-refractivity contribution in [3.05, 3.63) is 63.1 Å². The quantitative estimate of drug-likeness (QED) is 0.823. The lowest BCUT2D eigenvalue weighted by Gasteiger charge is -2.06. The number of carbonyl (C=O) groups is 2. The van der Waals surface area contributed by atoms with Crippen molar-refractivity contribution in [2.24, 2.45) is 0 Å². The lowest BCUT2D eigenvalue weighted by molar-refractivity contribution is 0.101. The molecule has 0 saturated heterocycles. The molecule has 0 aliphatic carbocycles. The predicted molar refractivity (Wildman–Crippen MR) is 83.6 cm³/mol. The van der Waals surface area contributed by atoms with E-state index < -0.39 is 0 Å². The van der Waals surface area contributed by atoms with Crippen LogP contribution in [-0.2, 0) is 0 Å². The molecular formula is C15H11BrClNO2. The Morgan fingerprint density at radius 1 is 1.05 bits per heavy atom. The van der Waals surface area contributed by atoms with Gasteiger partial charge in [0.2, 0.25) is 0 Å². The van der Waals surface area contributed by atoms with E-state index in [0.29, 0.717) is 21.8 Å². The second-order valence-electron chi connectivity index (χ2n) is 4.22. The largest absolute Gasteiger partial charge is 0.322 e. The molecule has 0 aliphatic heterocycles. The number of halogens is 2. The zero-order valence-corrected chi connectivity index (χ0v) is 13.0. The van der Waals surface area contributed by atoms with Gasteiger partial charge < -0.3 is 5.32 Å². The molecule has 3 nitrogen and oxygen atoms in total. The van der Waals surface area contributed by atoms with Gasteiger partial charge in [0.05, 0.1) is 5.02 Å². The van der Waals surface area contributed by atoms with Crippen LogP contribution in [0, 0.1) is 0 Å². The summed E-state index contributed by atoms with van der Waals surface area (Å²) >= 11 is 9.22. The van der Waals surface area contributed by atoms with Crippen LogP contribution >= 0.6 is 27.5 Å². The summed E-state index contributed by atoms with van der Waals surface area (Å²) in [4.78, 5) is 23.2. The standard InChI is InChI=1S/C15H11BrClNO2/c1-9(19)10-2-5-12(6-3-10)18-15(20)11-4-7-13(16)14(17)8-11/h2-8H,1H3,(H,18,20). The van der Waals surface area contributed by atoms with Gasteiger partial charge in [-0.25, -0.2) is 0 Å². The summed E-state index contributed by atoms with van der Waals surface area (Å²) in [5.41, 5.74) is 1.70. The molecule has 1 amide bonds. The molecule has 0 aliphatic rings. The second kappa shape index (κ2) is 6.20. The number of hydrogen-bond donors (Lipinski definition) is 1. The molecule has 0 heterocycles. The Morgan fingerprint density at radius 2 is 1.65 bits per heavy atom. The summed E-state index contributed by atoms with van der Waals surface area (Å²) < 4.78 is 0.738. The van der Waals surface area contributed by atoms with Crippen LogP contribution in [0.15, 0.2) is 46.9 Å². The van der Waals surface area contributed by atoms with Gasteiger partial charge in [-0.1, -0.05) is 11.6 Å². The first kappa shape index (κ1) is 14.8. The minimum Gasteiger partial charge on any atom is -0.322 e.